The van der Waals surface area contributed by atoms with Gasteiger partial charge >= 0.3 is 5.69 Å². The molecule has 17 heavy (non-hydrogen) atoms. The number of nitrogens with zero attached hydrogens (tertiary/aromatic N) is 4. The van der Waals surface area contributed by atoms with Gasteiger partial charge in [0.2, 0.25) is 5.82 Å². The number of hydrogen-bond acceptors (Lipinski definition) is 5. The van der Waals surface area contributed by atoms with Crippen molar-refractivity contribution >= 4 is 17.3 Å². The summed E-state index contributed by atoms with van der Waals surface area (Å²) in [5.41, 5.74) is 0.635. The molecule has 2 aromatic rings. The zero-order valence-electron chi connectivity index (χ0n) is 9.41. The van der Waals surface area contributed by atoms with Crippen LogP contribution >= 0.6 is 0 Å². The van der Waals surface area contributed by atoms with Gasteiger partial charge < -0.3 is 5.32 Å². The maximum atomic E-state index is 10.8. The summed E-state index contributed by atoms with van der Waals surface area (Å²) in [6.07, 6.45) is 1.74. The van der Waals surface area contributed by atoms with Crippen molar-refractivity contribution in [3.05, 3.63) is 40.2 Å². The van der Waals surface area contributed by atoms with Crippen molar-refractivity contribution in [3.8, 4) is 0 Å². The van der Waals surface area contributed by atoms with Crippen molar-refractivity contribution in [2.45, 2.75) is 6.92 Å². The SMILES string of the molecule is Cc1ccc([N+](=O)[O-])c(Nc2ccn(C)n2)n1. The van der Waals surface area contributed by atoms with Gasteiger partial charge in [0.1, 0.15) is 0 Å². The van der Waals surface area contributed by atoms with Crippen LogP contribution in [0.25, 0.3) is 0 Å². The van der Waals surface area contributed by atoms with Crippen molar-refractivity contribution in [2.75, 3.05) is 5.32 Å². The lowest BCUT2D eigenvalue weighted by Gasteiger charge is -2.03. The Morgan fingerprint density at radius 3 is 2.76 bits per heavy atom. The van der Waals surface area contributed by atoms with Crippen LogP contribution in [0.4, 0.5) is 17.3 Å². The molecule has 0 fully saturated rings. The third-order valence-electron chi connectivity index (χ3n) is 2.17. The Balaban J connectivity index is 2.37. The van der Waals surface area contributed by atoms with Crippen molar-refractivity contribution in [2.24, 2.45) is 7.05 Å². The first kappa shape index (κ1) is 11.1. The minimum atomic E-state index is -0.474. The summed E-state index contributed by atoms with van der Waals surface area (Å²) >= 11 is 0. The number of hydrogen-bond donors (Lipinski definition) is 1. The van der Waals surface area contributed by atoms with Gasteiger partial charge in [0.05, 0.1) is 4.92 Å². The molecule has 0 amide bonds. The van der Waals surface area contributed by atoms with Crippen LogP contribution in [0.1, 0.15) is 5.69 Å². The smallest absolute Gasteiger partial charge is 0.311 e. The van der Waals surface area contributed by atoms with Crippen molar-refractivity contribution in [1.29, 1.82) is 0 Å². The normalized spacial score (nSPS) is 10.2. The lowest BCUT2D eigenvalue weighted by atomic mass is 10.3. The molecule has 0 atom stereocenters. The quantitative estimate of drug-likeness (QED) is 0.645. The number of nitro groups is 1. The highest BCUT2D eigenvalue weighted by Crippen LogP contribution is 2.24. The van der Waals surface area contributed by atoms with Gasteiger partial charge in [0.15, 0.2) is 5.82 Å². The molecule has 0 aromatic carbocycles. The summed E-state index contributed by atoms with van der Waals surface area (Å²) in [6, 6.07) is 4.74. The van der Waals surface area contributed by atoms with E-state index in [0.717, 1.165) is 0 Å². The van der Waals surface area contributed by atoms with Crippen LogP contribution in [0.15, 0.2) is 24.4 Å². The first-order chi connectivity index (χ1) is 8.06. The molecule has 0 saturated carbocycles. The molecular weight excluding hydrogens is 222 g/mol. The van der Waals surface area contributed by atoms with Crippen molar-refractivity contribution < 1.29 is 4.92 Å². The number of rotatable bonds is 3. The van der Waals surface area contributed by atoms with E-state index < -0.39 is 4.92 Å². The van der Waals surface area contributed by atoms with E-state index >= 15 is 0 Å². The van der Waals surface area contributed by atoms with Gasteiger partial charge in [-0.15, -0.1) is 0 Å². The Kier molecular flexibility index (Phi) is 2.73. The highest BCUT2D eigenvalue weighted by atomic mass is 16.6. The molecule has 0 aliphatic rings. The van der Waals surface area contributed by atoms with Crippen LogP contribution in [0, 0.1) is 17.0 Å². The molecule has 0 radical (unpaired) electrons. The number of anilines is 2. The number of pyridine rings is 1. The van der Waals surface area contributed by atoms with Gasteiger partial charge in [-0.25, -0.2) is 4.98 Å². The largest absolute Gasteiger partial charge is 0.318 e. The Labute approximate surface area is 97.2 Å². The maximum absolute atomic E-state index is 10.8. The summed E-state index contributed by atoms with van der Waals surface area (Å²) in [7, 11) is 1.77. The van der Waals surface area contributed by atoms with Gasteiger partial charge in [-0.1, -0.05) is 0 Å². The van der Waals surface area contributed by atoms with Gasteiger partial charge in [0, 0.05) is 31.1 Å². The lowest BCUT2D eigenvalue weighted by Crippen LogP contribution is -2.01. The van der Waals surface area contributed by atoms with Gasteiger partial charge in [-0.2, -0.15) is 5.10 Å². The Morgan fingerprint density at radius 1 is 1.41 bits per heavy atom. The fraction of sp³-hybridized carbons (Fsp3) is 0.200. The van der Waals surface area contributed by atoms with Crippen LogP contribution in [-0.2, 0) is 7.05 Å². The summed E-state index contributed by atoms with van der Waals surface area (Å²) in [5, 5.41) is 17.7. The minimum Gasteiger partial charge on any atom is -0.318 e. The Morgan fingerprint density at radius 2 is 2.18 bits per heavy atom. The fourth-order valence-corrected chi connectivity index (χ4v) is 1.39. The highest BCUT2D eigenvalue weighted by Gasteiger charge is 2.15. The summed E-state index contributed by atoms with van der Waals surface area (Å²) in [6.45, 7) is 1.77. The monoisotopic (exact) mass is 233 g/mol. The molecule has 7 heteroatoms. The molecule has 7 nitrogen and oxygen atoms in total. The fourth-order valence-electron chi connectivity index (χ4n) is 1.39. The van der Waals surface area contributed by atoms with E-state index in [1.165, 1.54) is 6.07 Å². The molecule has 0 aliphatic heterocycles. The number of nitrogens with one attached hydrogen (secondary N) is 1. The highest BCUT2D eigenvalue weighted by molar-refractivity contribution is 5.63. The molecule has 2 aromatic heterocycles. The van der Waals surface area contributed by atoms with Crippen LogP contribution < -0.4 is 5.32 Å². The molecule has 0 spiro atoms. The summed E-state index contributed by atoms with van der Waals surface area (Å²) < 4.78 is 1.60. The molecule has 88 valence electrons. The second-order valence-electron chi connectivity index (χ2n) is 3.58. The molecule has 0 saturated heterocycles. The van der Waals surface area contributed by atoms with E-state index in [9.17, 15) is 10.1 Å². The topological polar surface area (TPSA) is 85.9 Å². The molecular formula is C10H11N5O2. The first-order valence-electron chi connectivity index (χ1n) is 4.95. The average molecular weight is 233 g/mol. The molecule has 0 unspecified atom stereocenters. The van der Waals surface area contributed by atoms with E-state index in [1.807, 2.05) is 0 Å². The number of aryl methyl sites for hydroxylation is 2. The predicted molar refractivity (Wildman–Crippen MR) is 62.1 cm³/mol. The average Bonchev–Trinajstić information content (AvgIpc) is 2.63. The van der Waals surface area contributed by atoms with E-state index in [0.29, 0.717) is 11.5 Å². The van der Waals surface area contributed by atoms with Gasteiger partial charge in [-0.3, -0.25) is 14.8 Å². The maximum Gasteiger partial charge on any atom is 0.311 e. The second kappa shape index (κ2) is 4.20. The van der Waals surface area contributed by atoms with Gasteiger partial charge in [0.25, 0.3) is 0 Å². The number of aromatic nitrogens is 3. The second-order valence-corrected chi connectivity index (χ2v) is 3.58. The molecule has 1 N–H and O–H groups in total. The molecule has 2 rings (SSSR count). The van der Waals surface area contributed by atoms with Crippen LogP contribution in [0.2, 0.25) is 0 Å². The third kappa shape index (κ3) is 2.39. The van der Waals surface area contributed by atoms with Crippen LogP contribution in [0.3, 0.4) is 0 Å². The van der Waals surface area contributed by atoms with Crippen LogP contribution in [-0.4, -0.2) is 19.7 Å². The van der Waals surface area contributed by atoms with E-state index in [4.69, 9.17) is 0 Å². The first-order valence-corrected chi connectivity index (χ1v) is 4.95. The van der Waals surface area contributed by atoms with Crippen LogP contribution in [0.5, 0.6) is 0 Å². The van der Waals surface area contributed by atoms with Crippen molar-refractivity contribution in [1.82, 2.24) is 14.8 Å². The summed E-state index contributed by atoms with van der Waals surface area (Å²) in [5.74, 6) is 0.724. The Bertz CT molecular complexity index is 564. The standard InChI is InChI=1S/C10H11N5O2/c1-7-3-4-8(15(16)17)10(11-7)12-9-5-6-14(2)13-9/h3-6H,1-2H3,(H,11,12,13). The zero-order valence-corrected chi connectivity index (χ0v) is 9.41. The summed E-state index contributed by atoms with van der Waals surface area (Å²) in [4.78, 5) is 14.5. The van der Waals surface area contributed by atoms with E-state index in [2.05, 4.69) is 15.4 Å². The molecule has 2 heterocycles. The Hall–Kier alpha value is -2.44. The predicted octanol–water partition coefficient (Wildman–Crippen LogP) is 1.78. The van der Waals surface area contributed by atoms with Gasteiger partial charge in [-0.05, 0) is 13.0 Å². The zero-order chi connectivity index (χ0) is 12.4. The van der Waals surface area contributed by atoms with Crippen molar-refractivity contribution in [3.63, 3.8) is 0 Å². The lowest BCUT2D eigenvalue weighted by molar-refractivity contribution is -0.384. The van der Waals surface area contributed by atoms with E-state index in [1.54, 1.807) is 37.0 Å². The third-order valence-corrected chi connectivity index (χ3v) is 2.17. The molecule has 0 bridgehead atoms. The minimum absolute atomic E-state index is 0.0683. The molecule has 0 aliphatic carbocycles. The van der Waals surface area contributed by atoms with E-state index in [-0.39, 0.29) is 11.5 Å².